The normalized spacial score (nSPS) is 12.7. The number of urea groups is 1. The van der Waals surface area contributed by atoms with Gasteiger partial charge in [0.05, 0.1) is 18.7 Å². The highest BCUT2D eigenvalue weighted by Gasteiger charge is 2.19. The number of carbonyl (C=O) groups is 1. The predicted octanol–water partition coefficient (Wildman–Crippen LogP) is 2.52. The topological polar surface area (TPSA) is 61.8 Å². The quantitative estimate of drug-likeness (QED) is 0.848. The van der Waals surface area contributed by atoms with E-state index in [9.17, 15) is 9.90 Å². The largest absolute Gasteiger partial charge is 0.489 e. The summed E-state index contributed by atoms with van der Waals surface area (Å²) in [5.41, 5.74) is -0.922. The summed E-state index contributed by atoms with van der Waals surface area (Å²) < 4.78 is 5.66. The molecule has 1 aromatic rings. The molecule has 0 spiro atoms. The summed E-state index contributed by atoms with van der Waals surface area (Å²) in [6.45, 7) is 5.78. The van der Waals surface area contributed by atoms with E-state index in [4.69, 9.17) is 16.3 Å². The van der Waals surface area contributed by atoms with Crippen LogP contribution in [-0.2, 0) is 0 Å². The van der Waals surface area contributed by atoms with E-state index in [0.29, 0.717) is 17.3 Å². The Bertz CT molecular complexity index is 474. The third-order valence-electron chi connectivity index (χ3n) is 2.64. The van der Waals surface area contributed by atoms with E-state index >= 15 is 0 Å². The Kier molecular flexibility index (Phi) is 6.30. The highest BCUT2D eigenvalue weighted by Crippen LogP contribution is 2.18. The van der Waals surface area contributed by atoms with Crippen molar-refractivity contribution in [1.29, 1.82) is 0 Å². The second kappa shape index (κ2) is 7.52. The molecule has 0 aliphatic rings. The fraction of sp³-hybridized carbons (Fsp3) is 0.533. The number of amides is 2. The number of hydrogen-bond donors (Lipinski definition) is 2. The molecule has 0 heterocycles. The van der Waals surface area contributed by atoms with Crippen LogP contribution in [0.3, 0.4) is 0 Å². The number of aliphatic hydroxyl groups is 1. The summed E-state index contributed by atoms with van der Waals surface area (Å²) >= 11 is 5.88. The van der Waals surface area contributed by atoms with Gasteiger partial charge in [-0.3, -0.25) is 0 Å². The molecule has 118 valence electrons. The molecule has 6 heteroatoms. The van der Waals surface area contributed by atoms with Crippen molar-refractivity contribution in [3.8, 4) is 5.75 Å². The zero-order valence-electron chi connectivity index (χ0n) is 12.9. The van der Waals surface area contributed by atoms with Crippen LogP contribution in [0.15, 0.2) is 24.3 Å². The molecule has 0 aromatic heterocycles. The molecule has 1 atom stereocenters. The predicted molar refractivity (Wildman–Crippen MR) is 83.9 cm³/mol. The van der Waals surface area contributed by atoms with Gasteiger partial charge in [-0.25, -0.2) is 4.79 Å². The molecule has 0 saturated heterocycles. The summed E-state index contributed by atoms with van der Waals surface area (Å²) in [6.07, 6.45) is -0.192. The molecule has 0 saturated carbocycles. The lowest BCUT2D eigenvalue weighted by atomic mass is 10.1. The average Bonchev–Trinajstić information content (AvgIpc) is 2.33. The van der Waals surface area contributed by atoms with Gasteiger partial charge >= 0.3 is 6.03 Å². The maximum absolute atomic E-state index is 11.9. The third kappa shape index (κ3) is 7.20. The number of nitrogens with zero attached hydrogens (tertiary/aromatic N) is 1. The minimum Gasteiger partial charge on any atom is -0.489 e. The summed E-state index contributed by atoms with van der Waals surface area (Å²) in [6, 6.07) is 6.86. The minimum atomic E-state index is -0.922. The van der Waals surface area contributed by atoms with Gasteiger partial charge < -0.3 is 20.1 Å². The minimum absolute atomic E-state index is 0.192. The van der Waals surface area contributed by atoms with E-state index in [1.807, 2.05) is 13.0 Å². The lowest BCUT2D eigenvalue weighted by Gasteiger charge is -2.26. The number of rotatable bonds is 6. The van der Waals surface area contributed by atoms with Crippen molar-refractivity contribution >= 4 is 17.6 Å². The van der Waals surface area contributed by atoms with E-state index in [1.165, 1.54) is 4.90 Å². The van der Waals surface area contributed by atoms with Gasteiger partial charge in [0.25, 0.3) is 0 Å². The van der Waals surface area contributed by atoms with E-state index in [2.05, 4.69) is 5.32 Å². The molecule has 2 amide bonds. The first-order chi connectivity index (χ1) is 9.67. The Morgan fingerprint density at radius 1 is 1.52 bits per heavy atom. The van der Waals surface area contributed by atoms with Crippen molar-refractivity contribution < 1.29 is 14.6 Å². The molecule has 1 unspecified atom stereocenters. The third-order valence-corrected chi connectivity index (χ3v) is 2.88. The van der Waals surface area contributed by atoms with Gasteiger partial charge in [-0.2, -0.15) is 0 Å². The van der Waals surface area contributed by atoms with Crippen molar-refractivity contribution in [2.45, 2.75) is 32.5 Å². The van der Waals surface area contributed by atoms with E-state index < -0.39 is 5.60 Å². The number of halogens is 1. The maximum atomic E-state index is 11.9. The summed E-state index contributed by atoms with van der Waals surface area (Å²) in [7, 11) is 1.63. The van der Waals surface area contributed by atoms with Crippen molar-refractivity contribution in [3.05, 3.63) is 29.3 Å². The summed E-state index contributed by atoms with van der Waals surface area (Å²) in [5.74, 6) is 0.661. The number of ether oxygens (including phenoxy) is 1. The van der Waals surface area contributed by atoms with Crippen molar-refractivity contribution in [2.24, 2.45) is 0 Å². The van der Waals surface area contributed by atoms with Gasteiger partial charge in [0.15, 0.2) is 0 Å². The van der Waals surface area contributed by atoms with E-state index in [-0.39, 0.29) is 18.7 Å². The second-order valence-corrected chi connectivity index (χ2v) is 6.18. The molecule has 2 N–H and O–H groups in total. The zero-order chi connectivity index (χ0) is 16.0. The van der Waals surface area contributed by atoms with Crippen molar-refractivity contribution in [2.75, 3.05) is 20.1 Å². The molecular weight excluding hydrogens is 292 g/mol. The first-order valence-corrected chi connectivity index (χ1v) is 7.19. The highest BCUT2D eigenvalue weighted by atomic mass is 35.5. The van der Waals surface area contributed by atoms with Gasteiger partial charge in [0, 0.05) is 12.1 Å². The lowest BCUT2D eigenvalue weighted by Crippen LogP contribution is -2.46. The first-order valence-electron chi connectivity index (χ1n) is 6.81. The van der Waals surface area contributed by atoms with Crippen LogP contribution in [-0.4, -0.2) is 47.9 Å². The van der Waals surface area contributed by atoms with Crippen LogP contribution in [0.1, 0.15) is 20.8 Å². The summed E-state index contributed by atoms with van der Waals surface area (Å²) in [4.78, 5) is 13.3. The van der Waals surface area contributed by atoms with Crippen LogP contribution in [0.5, 0.6) is 5.75 Å². The fourth-order valence-electron chi connectivity index (χ4n) is 1.83. The average molecular weight is 315 g/mol. The molecule has 0 aliphatic carbocycles. The van der Waals surface area contributed by atoms with Crippen LogP contribution in [0.4, 0.5) is 4.79 Å². The number of carbonyl (C=O) groups excluding carboxylic acids is 1. The van der Waals surface area contributed by atoms with Gasteiger partial charge in [0.1, 0.15) is 11.9 Å². The molecule has 0 radical (unpaired) electrons. The van der Waals surface area contributed by atoms with Crippen LogP contribution < -0.4 is 10.1 Å². The first kappa shape index (κ1) is 17.6. The van der Waals surface area contributed by atoms with E-state index in [0.717, 1.165) is 0 Å². The standard InChI is InChI=1S/C15H23ClN2O3/c1-11(21-13-7-5-6-12(16)8-13)9-17-14(19)18(4)10-15(2,3)20/h5-8,11,20H,9-10H2,1-4H3,(H,17,19). The monoisotopic (exact) mass is 314 g/mol. The van der Waals surface area contributed by atoms with E-state index in [1.54, 1.807) is 39.1 Å². The Morgan fingerprint density at radius 2 is 2.19 bits per heavy atom. The zero-order valence-corrected chi connectivity index (χ0v) is 13.6. The molecular formula is C15H23ClN2O3. The van der Waals surface area contributed by atoms with Gasteiger partial charge in [-0.1, -0.05) is 17.7 Å². The van der Waals surface area contributed by atoms with Crippen LogP contribution in [0.2, 0.25) is 5.02 Å². The number of hydrogen-bond acceptors (Lipinski definition) is 3. The molecule has 1 aromatic carbocycles. The Morgan fingerprint density at radius 3 is 2.76 bits per heavy atom. The van der Waals surface area contributed by atoms with Crippen LogP contribution in [0.25, 0.3) is 0 Å². The molecule has 0 aliphatic heterocycles. The maximum Gasteiger partial charge on any atom is 0.317 e. The molecule has 5 nitrogen and oxygen atoms in total. The molecule has 0 fully saturated rings. The van der Waals surface area contributed by atoms with Gasteiger partial charge in [-0.05, 0) is 39.0 Å². The molecule has 1 rings (SSSR count). The number of likely N-dealkylation sites (N-methyl/N-ethyl adjacent to an activating group) is 1. The Hall–Kier alpha value is -1.46. The Balaban J connectivity index is 2.39. The summed E-state index contributed by atoms with van der Waals surface area (Å²) in [5, 5.41) is 13.0. The molecule has 0 bridgehead atoms. The Labute approximate surface area is 130 Å². The smallest absolute Gasteiger partial charge is 0.317 e. The molecule has 21 heavy (non-hydrogen) atoms. The lowest BCUT2D eigenvalue weighted by molar-refractivity contribution is 0.0528. The fourth-order valence-corrected chi connectivity index (χ4v) is 2.01. The van der Waals surface area contributed by atoms with Crippen molar-refractivity contribution in [3.63, 3.8) is 0 Å². The van der Waals surface area contributed by atoms with Gasteiger partial charge in [-0.15, -0.1) is 0 Å². The number of nitrogens with one attached hydrogen (secondary N) is 1. The van der Waals surface area contributed by atoms with Gasteiger partial charge in [0.2, 0.25) is 0 Å². The highest BCUT2D eigenvalue weighted by molar-refractivity contribution is 6.30. The SMILES string of the molecule is CC(CNC(=O)N(C)CC(C)(C)O)Oc1cccc(Cl)c1. The van der Waals surface area contributed by atoms with Crippen LogP contribution in [0, 0.1) is 0 Å². The van der Waals surface area contributed by atoms with Crippen molar-refractivity contribution in [1.82, 2.24) is 10.2 Å². The van der Waals surface area contributed by atoms with Crippen LogP contribution >= 0.6 is 11.6 Å². The number of benzene rings is 1. The second-order valence-electron chi connectivity index (χ2n) is 5.74.